The second kappa shape index (κ2) is 52.1. The van der Waals surface area contributed by atoms with Gasteiger partial charge in [-0.25, -0.2) is 0 Å². The Balaban J connectivity index is 3.84. The molecule has 0 saturated carbocycles. The molecule has 0 spiro atoms. The molecule has 0 aromatic rings. The quantitative estimate of drug-likeness (QED) is 0.0272. The van der Waals surface area contributed by atoms with Gasteiger partial charge < -0.3 is 28.8 Å². The van der Waals surface area contributed by atoms with E-state index in [1.807, 2.05) is 27.2 Å². The number of hydrogen-bond acceptors (Lipinski definition) is 6. The molecule has 9 heteroatoms. The fraction of sp³-hybridized carbons (Fsp3) is 0.950. The van der Waals surface area contributed by atoms with Crippen molar-refractivity contribution in [1.29, 1.82) is 0 Å². The summed E-state index contributed by atoms with van der Waals surface area (Å²) in [4.78, 5) is 25.4. The Morgan fingerprint density at radius 3 is 1.09 bits per heavy atom. The summed E-state index contributed by atoms with van der Waals surface area (Å²) in [6, 6.07) is -0.880. The highest BCUT2D eigenvalue weighted by Gasteiger charge is 2.23. The van der Waals surface area contributed by atoms with Crippen molar-refractivity contribution in [2.24, 2.45) is 0 Å². The van der Waals surface area contributed by atoms with E-state index < -0.39 is 20.0 Å². The van der Waals surface area contributed by atoms with Crippen LogP contribution >= 0.6 is 7.82 Å². The molecule has 0 bridgehead atoms. The third-order valence-corrected chi connectivity index (χ3v) is 15.2. The van der Waals surface area contributed by atoms with Crippen molar-refractivity contribution in [3.8, 4) is 0 Å². The van der Waals surface area contributed by atoms with Crippen LogP contribution in [0, 0.1) is 0 Å². The molecule has 1 amide bonds. The summed E-state index contributed by atoms with van der Waals surface area (Å²) >= 11 is 0. The minimum atomic E-state index is -4.59. The number of phosphoric acid groups is 1. The zero-order valence-electron chi connectivity index (χ0n) is 47.0. The largest absolute Gasteiger partial charge is 0.756 e. The Morgan fingerprint density at radius 2 is 0.783 bits per heavy atom. The van der Waals surface area contributed by atoms with Gasteiger partial charge in [0.1, 0.15) is 13.2 Å². The lowest BCUT2D eigenvalue weighted by Gasteiger charge is -2.29. The van der Waals surface area contributed by atoms with Gasteiger partial charge in [-0.05, 0) is 19.3 Å². The van der Waals surface area contributed by atoms with Gasteiger partial charge in [0.2, 0.25) is 5.91 Å². The molecule has 0 aromatic carbocycles. The van der Waals surface area contributed by atoms with Crippen molar-refractivity contribution < 1.29 is 32.9 Å². The number of unbranched alkanes of at least 4 members (excludes halogenated alkanes) is 44. The van der Waals surface area contributed by atoms with Gasteiger partial charge in [-0.3, -0.25) is 9.36 Å². The molecule has 412 valence electrons. The number of quaternary nitrogens is 1. The first-order chi connectivity index (χ1) is 33.5. The number of hydrogen-bond donors (Lipinski definition) is 2. The Bertz CT molecular complexity index is 1130. The summed E-state index contributed by atoms with van der Waals surface area (Å²) < 4.78 is 23.3. The predicted molar refractivity (Wildman–Crippen MR) is 298 cm³/mol. The average molecular weight is 998 g/mol. The van der Waals surface area contributed by atoms with Crippen LogP contribution in [-0.4, -0.2) is 68.5 Å². The summed E-state index contributed by atoms with van der Waals surface area (Å²) in [6.07, 6.45) is 64.8. The molecular weight excluding hydrogens is 876 g/mol. The van der Waals surface area contributed by atoms with E-state index in [-0.39, 0.29) is 19.1 Å². The van der Waals surface area contributed by atoms with Crippen molar-refractivity contribution in [1.82, 2.24) is 5.32 Å². The Labute approximate surface area is 431 Å². The lowest BCUT2D eigenvalue weighted by atomic mass is 10.0. The zero-order chi connectivity index (χ0) is 50.6. The molecule has 0 aliphatic rings. The van der Waals surface area contributed by atoms with E-state index in [1.165, 1.54) is 257 Å². The monoisotopic (exact) mass is 997 g/mol. The fourth-order valence-electron chi connectivity index (χ4n) is 9.45. The molecule has 0 rings (SSSR count). The summed E-state index contributed by atoms with van der Waals surface area (Å²) in [7, 11) is 1.28. The number of rotatable bonds is 57. The SMILES string of the molecule is CCCCCCCCCCC/C=C/C(O)C(COP(=O)([O-])OCC[N+](C)(C)C)NC(=O)CCCCCCCCCCCCCCCCCCCCCCCCCCCCCCCCCCCCCC. The van der Waals surface area contributed by atoms with Crippen LogP contribution in [-0.2, 0) is 18.4 Å². The van der Waals surface area contributed by atoms with Crippen LogP contribution in [0.5, 0.6) is 0 Å². The van der Waals surface area contributed by atoms with Gasteiger partial charge >= 0.3 is 0 Å². The summed E-state index contributed by atoms with van der Waals surface area (Å²) in [5, 5.41) is 13.8. The van der Waals surface area contributed by atoms with Crippen LogP contribution in [0.4, 0.5) is 0 Å². The maximum absolute atomic E-state index is 12.9. The van der Waals surface area contributed by atoms with E-state index in [0.29, 0.717) is 17.4 Å². The van der Waals surface area contributed by atoms with Crippen LogP contribution in [0.3, 0.4) is 0 Å². The number of allylic oxidation sites excluding steroid dienone is 1. The van der Waals surface area contributed by atoms with E-state index in [4.69, 9.17) is 9.05 Å². The summed E-state index contributed by atoms with van der Waals surface area (Å²) in [5.74, 6) is -0.192. The minimum Gasteiger partial charge on any atom is -0.756 e. The molecule has 0 radical (unpaired) electrons. The van der Waals surface area contributed by atoms with Crippen LogP contribution in [0.2, 0.25) is 0 Å². The number of carbonyl (C=O) groups excluding carboxylic acids is 1. The van der Waals surface area contributed by atoms with E-state index in [1.54, 1.807) is 6.08 Å². The maximum atomic E-state index is 12.9. The summed E-state index contributed by atoms with van der Waals surface area (Å²) in [5.41, 5.74) is 0. The molecule has 3 atom stereocenters. The van der Waals surface area contributed by atoms with Gasteiger partial charge in [0.25, 0.3) is 7.82 Å². The van der Waals surface area contributed by atoms with Gasteiger partial charge in [0, 0.05) is 6.42 Å². The van der Waals surface area contributed by atoms with Gasteiger partial charge in [-0.2, -0.15) is 0 Å². The van der Waals surface area contributed by atoms with Crippen molar-refractivity contribution in [3.63, 3.8) is 0 Å². The molecular formula is C60H121N2O6P. The van der Waals surface area contributed by atoms with Crippen LogP contribution in [0.15, 0.2) is 12.2 Å². The topological polar surface area (TPSA) is 108 Å². The van der Waals surface area contributed by atoms with Crippen LogP contribution < -0.4 is 10.2 Å². The van der Waals surface area contributed by atoms with Gasteiger partial charge in [-0.15, -0.1) is 0 Å². The molecule has 8 nitrogen and oxygen atoms in total. The number of phosphoric ester groups is 1. The number of likely N-dealkylation sites (N-methyl/N-ethyl adjacent to an activating group) is 1. The van der Waals surface area contributed by atoms with E-state index in [2.05, 4.69) is 19.2 Å². The zero-order valence-corrected chi connectivity index (χ0v) is 47.9. The van der Waals surface area contributed by atoms with E-state index >= 15 is 0 Å². The molecule has 0 saturated heterocycles. The average Bonchev–Trinajstić information content (AvgIpc) is 3.31. The number of carbonyl (C=O) groups is 1. The molecule has 2 N–H and O–H groups in total. The lowest BCUT2D eigenvalue weighted by molar-refractivity contribution is -0.870. The predicted octanol–water partition coefficient (Wildman–Crippen LogP) is 18.0. The second-order valence-corrected chi connectivity index (χ2v) is 23.8. The number of nitrogens with zero attached hydrogens (tertiary/aromatic N) is 1. The fourth-order valence-corrected chi connectivity index (χ4v) is 10.2. The van der Waals surface area contributed by atoms with Crippen LogP contribution in [0.25, 0.3) is 0 Å². The third-order valence-electron chi connectivity index (χ3n) is 14.2. The molecule has 3 unspecified atom stereocenters. The van der Waals surface area contributed by atoms with E-state index in [9.17, 15) is 19.4 Å². The van der Waals surface area contributed by atoms with E-state index in [0.717, 1.165) is 38.5 Å². The summed E-state index contributed by atoms with van der Waals surface area (Å²) in [6.45, 7) is 4.67. The van der Waals surface area contributed by atoms with Crippen molar-refractivity contribution >= 4 is 13.7 Å². The van der Waals surface area contributed by atoms with Gasteiger partial charge in [0.15, 0.2) is 0 Å². The molecule has 0 aromatic heterocycles. The number of aliphatic hydroxyl groups excluding tert-OH is 1. The number of aliphatic hydroxyl groups is 1. The third kappa shape index (κ3) is 54.8. The molecule has 0 fully saturated rings. The first kappa shape index (κ1) is 68.2. The highest BCUT2D eigenvalue weighted by Crippen LogP contribution is 2.38. The standard InChI is InChI=1S/C60H121N2O6P/c1-6-8-10-12-14-16-18-19-20-21-22-23-24-25-26-27-28-29-30-31-32-33-34-35-36-37-38-39-40-41-42-44-46-48-50-52-54-60(64)61-58(57-68-69(65,66)67-56-55-62(3,4)5)59(63)53-51-49-47-45-43-17-15-13-11-9-7-2/h51,53,58-59,63H,6-50,52,54-57H2,1-5H3,(H-,61,64,65,66)/b53-51+. The molecule has 0 heterocycles. The second-order valence-electron chi connectivity index (χ2n) is 22.4. The van der Waals surface area contributed by atoms with Crippen molar-refractivity contribution in [2.45, 2.75) is 328 Å². The van der Waals surface area contributed by atoms with Gasteiger partial charge in [0.05, 0.1) is 39.9 Å². The van der Waals surface area contributed by atoms with Crippen LogP contribution in [0.1, 0.15) is 316 Å². The normalized spacial score (nSPS) is 13.9. The molecule has 69 heavy (non-hydrogen) atoms. The van der Waals surface area contributed by atoms with Crippen molar-refractivity contribution in [2.75, 3.05) is 40.9 Å². The highest BCUT2D eigenvalue weighted by molar-refractivity contribution is 7.45. The number of nitrogens with one attached hydrogen (secondary N) is 1. The number of amides is 1. The Kier molecular flexibility index (Phi) is 51.5. The smallest absolute Gasteiger partial charge is 0.268 e. The molecule has 0 aliphatic carbocycles. The first-order valence-electron chi connectivity index (χ1n) is 30.6. The minimum absolute atomic E-state index is 0.00224. The first-order valence-corrected chi connectivity index (χ1v) is 32.0. The molecule has 0 aliphatic heterocycles. The maximum Gasteiger partial charge on any atom is 0.268 e. The lowest BCUT2D eigenvalue weighted by Crippen LogP contribution is -2.45. The van der Waals surface area contributed by atoms with Crippen molar-refractivity contribution in [3.05, 3.63) is 12.2 Å². The Hall–Kier alpha value is -0.760. The highest BCUT2D eigenvalue weighted by atomic mass is 31.2. The Morgan fingerprint density at radius 1 is 0.493 bits per heavy atom. The van der Waals surface area contributed by atoms with Gasteiger partial charge in [-0.1, -0.05) is 302 Å².